The molecule has 1 fully saturated rings. The average Bonchev–Trinajstić information content (AvgIpc) is 2.62. The van der Waals surface area contributed by atoms with Gasteiger partial charge in [-0.25, -0.2) is 0 Å². The Kier molecular flexibility index (Phi) is 3.88. The number of aliphatic hydroxyl groups excluding tert-OH is 1. The fourth-order valence-electron chi connectivity index (χ4n) is 1.61. The van der Waals surface area contributed by atoms with Crippen LogP contribution in [0.3, 0.4) is 0 Å². The van der Waals surface area contributed by atoms with Gasteiger partial charge in [-0.05, 0) is 12.8 Å². The first-order chi connectivity index (χ1) is 6.65. The monoisotopic (exact) mass is 200 g/mol. The standard InChI is InChI=1S/C9H16N2O3/c10-9(14)7-3-4-11(6-7)8(13)2-1-5-12/h7,12H,1-6H2,(H2,10,14). The summed E-state index contributed by atoms with van der Waals surface area (Å²) < 4.78 is 0. The summed E-state index contributed by atoms with van der Waals surface area (Å²) in [7, 11) is 0. The summed E-state index contributed by atoms with van der Waals surface area (Å²) in [5.41, 5.74) is 5.14. The van der Waals surface area contributed by atoms with Gasteiger partial charge in [0.2, 0.25) is 11.8 Å². The van der Waals surface area contributed by atoms with Crippen LogP contribution in [0.2, 0.25) is 0 Å². The molecule has 0 aromatic rings. The Morgan fingerprint density at radius 1 is 1.50 bits per heavy atom. The van der Waals surface area contributed by atoms with Gasteiger partial charge in [0.1, 0.15) is 0 Å². The highest BCUT2D eigenvalue weighted by molar-refractivity contribution is 5.80. The van der Waals surface area contributed by atoms with Crippen LogP contribution in [0, 0.1) is 5.92 Å². The van der Waals surface area contributed by atoms with E-state index in [1.807, 2.05) is 0 Å². The van der Waals surface area contributed by atoms with Crippen LogP contribution in [0.5, 0.6) is 0 Å². The predicted molar refractivity (Wildman–Crippen MR) is 50.2 cm³/mol. The van der Waals surface area contributed by atoms with Gasteiger partial charge in [0.15, 0.2) is 0 Å². The maximum absolute atomic E-state index is 11.4. The number of hydrogen-bond donors (Lipinski definition) is 2. The van der Waals surface area contributed by atoms with Gasteiger partial charge in [-0.1, -0.05) is 0 Å². The smallest absolute Gasteiger partial charge is 0.222 e. The van der Waals surface area contributed by atoms with Crippen LogP contribution in [0.25, 0.3) is 0 Å². The van der Waals surface area contributed by atoms with E-state index >= 15 is 0 Å². The van der Waals surface area contributed by atoms with Gasteiger partial charge in [-0.2, -0.15) is 0 Å². The summed E-state index contributed by atoms with van der Waals surface area (Å²) in [6, 6.07) is 0. The van der Waals surface area contributed by atoms with Crippen LogP contribution < -0.4 is 5.73 Å². The highest BCUT2D eigenvalue weighted by Gasteiger charge is 2.28. The number of carbonyl (C=O) groups is 2. The molecular formula is C9H16N2O3. The van der Waals surface area contributed by atoms with Crippen molar-refractivity contribution in [3.8, 4) is 0 Å². The third-order valence-corrected chi connectivity index (χ3v) is 2.49. The van der Waals surface area contributed by atoms with Crippen LogP contribution in [0.1, 0.15) is 19.3 Å². The Morgan fingerprint density at radius 2 is 2.21 bits per heavy atom. The summed E-state index contributed by atoms with van der Waals surface area (Å²) in [5.74, 6) is -0.515. The van der Waals surface area contributed by atoms with Crippen LogP contribution in [-0.4, -0.2) is 41.5 Å². The lowest BCUT2D eigenvalue weighted by molar-refractivity contribution is -0.130. The first-order valence-electron chi connectivity index (χ1n) is 4.83. The van der Waals surface area contributed by atoms with Gasteiger partial charge >= 0.3 is 0 Å². The second-order valence-electron chi connectivity index (χ2n) is 3.55. The van der Waals surface area contributed by atoms with Crippen molar-refractivity contribution in [2.75, 3.05) is 19.7 Å². The van der Waals surface area contributed by atoms with Gasteiger partial charge in [0.05, 0.1) is 5.92 Å². The molecule has 5 heteroatoms. The summed E-state index contributed by atoms with van der Waals surface area (Å²) in [5, 5.41) is 8.55. The van der Waals surface area contributed by atoms with E-state index < -0.39 is 0 Å². The molecule has 0 spiro atoms. The summed E-state index contributed by atoms with van der Waals surface area (Å²) in [6.07, 6.45) is 1.50. The van der Waals surface area contributed by atoms with E-state index in [2.05, 4.69) is 0 Å². The zero-order valence-corrected chi connectivity index (χ0v) is 8.11. The van der Waals surface area contributed by atoms with Gasteiger partial charge in [0.25, 0.3) is 0 Å². The predicted octanol–water partition coefficient (Wildman–Crippen LogP) is -0.907. The molecule has 0 aliphatic carbocycles. The lowest BCUT2D eigenvalue weighted by Crippen LogP contribution is -2.31. The molecule has 0 bridgehead atoms. The lowest BCUT2D eigenvalue weighted by Gasteiger charge is -2.15. The van der Waals surface area contributed by atoms with Crippen molar-refractivity contribution in [1.82, 2.24) is 4.90 Å². The zero-order chi connectivity index (χ0) is 10.6. The van der Waals surface area contributed by atoms with Crippen molar-refractivity contribution in [3.05, 3.63) is 0 Å². The molecule has 80 valence electrons. The van der Waals surface area contributed by atoms with E-state index in [9.17, 15) is 9.59 Å². The molecule has 0 aromatic carbocycles. The van der Waals surface area contributed by atoms with E-state index in [1.54, 1.807) is 4.90 Å². The van der Waals surface area contributed by atoms with Crippen molar-refractivity contribution in [2.45, 2.75) is 19.3 Å². The molecule has 0 saturated carbocycles. The minimum atomic E-state index is -0.331. The van der Waals surface area contributed by atoms with Crippen molar-refractivity contribution in [2.24, 2.45) is 11.7 Å². The Hall–Kier alpha value is -1.10. The number of nitrogens with zero attached hydrogens (tertiary/aromatic N) is 1. The van der Waals surface area contributed by atoms with Gasteiger partial charge in [-0.3, -0.25) is 9.59 Å². The van der Waals surface area contributed by atoms with E-state index in [0.717, 1.165) is 0 Å². The molecule has 1 aliphatic heterocycles. The SMILES string of the molecule is NC(=O)C1CCN(C(=O)CCCO)C1. The molecular weight excluding hydrogens is 184 g/mol. The van der Waals surface area contributed by atoms with E-state index in [0.29, 0.717) is 32.4 Å². The molecule has 3 N–H and O–H groups in total. The Morgan fingerprint density at radius 3 is 2.71 bits per heavy atom. The first kappa shape index (κ1) is 11.0. The molecule has 1 unspecified atom stereocenters. The maximum Gasteiger partial charge on any atom is 0.222 e. The molecule has 2 amide bonds. The Bertz CT molecular complexity index is 230. The van der Waals surface area contributed by atoms with Crippen molar-refractivity contribution < 1.29 is 14.7 Å². The van der Waals surface area contributed by atoms with Crippen molar-refractivity contribution in [1.29, 1.82) is 0 Å². The Balaban J connectivity index is 2.34. The summed E-state index contributed by atoms with van der Waals surface area (Å²) in [6.45, 7) is 1.08. The second-order valence-corrected chi connectivity index (χ2v) is 3.55. The van der Waals surface area contributed by atoms with Crippen LogP contribution in [0.15, 0.2) is 0 Å². The van der Waals surface area contributed by atoms with E-state index in [-0.39, 0.29) is 24.3 Å². The summed E-state index contributed by atoms with van der Waals surface area (Å²) >= 11 is 0. The topological polar surface area (TPSA) is 83.6 Å². The number of amides is 2. The molecule has 1 atom stereocenters. The first-order valence-corrected chi connectivity index (χ1v) is 4.83. The van der Waals surface area contributed by atoms with E-state index in [4.69, 9.17) is 10.8 Å². The number of rotatable bonds is 4. The van der Waals surface area contributed by atoms with Gasteiger partial charge < -0.3 is 15.7 Å². The highest BCUT2D eigenvalue weighted by Crippen LogP contribution is 2.16. The van der Waals surface area contributed by atoms with Crippen LogP contribution in [0.4, 0.5) is 0 Å². The third-order valence-electron chi connectivity index (χ3n) is 2.49. The van der Waals surface area contributed by atoms with Crippen molar-refractivity contribution in [3.63, 3.8) is 0 Å². The number of hydrogen-bond acceptors (Lipinski definition) is 3. The minimum absolute atomic E-state index is 0.00259. The average molecular weight is 200 g/mol. The molecule has 0 radical (unpaired) electrons. The van der Waals surface area contributed by atoms with Crippen LogP contribution >= 0.6 is 0 Å². The number of carbonyl (C=O) groups excluding carboxylic acids is 2. The van der Waals surface area contributed by atoms with Gasteiger partial charge in [0, 0.05) is 26.1 Å². The van der Waals surface area contributed by atoms with E-state index in [1.165, 1.54) is 0 Å². The van der Waals surface area contributed by atoms with Crippen LogP contribution in [-0.2, 0) is 9.59 Å². The van der Waals surface area contributed by atoms with Gasteiger partial charge in [-0.15, -0.1) is 0 Å². The fourth-order valence-corrected chi connectivity index (χ4v) is 1.61. The quantitative estimate of drug-likeness (QED) is 0.616. The summed E-state index contributed by atoms with van der Waals surface area (Å²) in [4.78, 5) is 23.9. The zero-order valence-electron chi connectivity index (χ0n) is 8.11. The number of likely N-dealkylation sites (tertiary alicyclic amines) is 1. The molecule has 1 rings (SSSR count). The fraction of sp³-hybridized carbons (Fsp3) is 0.778. The van der Waals surface area contributed by atoms with Crippen molar-refractivity contribution >= 4 is 11.8 Å². The highest BCUT2D eigenvalue weighted by atomic mass is 16.3. The third kappa shape index (κ3) is 2.70. The number of primary amides is 1. The molecule has 1 aliphatic rings. The molecule has 14 heavy (non-hydrogen) atoms. The number of nitrogens with two attached hydrogens (primary N) is 1. The number of aliphatic hydroxyl groups is 1. The maximum atomic E-state index is 11.4. The largest absolute Gasteiger partial charge is 0.396 e. The minimum Gasteiger partial charge on any atom is -0.396 e. The molecule has 1 heterocycles. The Labute approximate surface area is 82.9 Å². The normalized spacial score (nSPS) is 21.2. The molecule has 1 saturated heterocycles. The lowest BCUT2D eigenvalue weighted by atomic mass is 10.1. The molecule has 5 nitrogen and oxygen atoms in total. The molecule has 0 aromatic heterocycles. The second kappa shape index (κ2) is 4.95.